The Kier molecular flexibility index (Phi) is 6.13. The van der Waals surface area contributed by atoms with Crippen molar-refractivity contribution in [1.29, 1.82) is 0 Å². The van der Waals surface area contributed by atoms with Gasteiger partial charge >= 0.3 is 0 Å². The van der Waals surface area contributed by atoms with E-state index in [-0.39, 0.29) is 0 Å². The summed E-state index contributed by atoms with van der Waals surface area (Å²) in [7, 11) is 0. The summed E-state index contributed by atoms with van der Waals surface area (Å²) in [6, 6.07) is 10.8. The number of benzene rings is 1. The van der Waals surface area contributed by atoms with E-state index < -0.39 is 0 Å². The van der Waals surface area contributed by atoms with Gasteiger partial charge in [0.05, 0.1) is 0 Å². The summed E-state index contributed by atoms with van der Waals surface area (Å²) in [5.41, 5.74) is 2.77. The molecule has 3 rings (SSSR count). The fourth-order valence-corrected chi connectivity index (χ4v) is 4.42. The van der Waals surface area contributed by atoms with E-state index in [0.29, 0.717) is 0 Å². The average Bonchev–Trinajstić information content (AvgIpc) is 2.63. The van der Waals surface area contributed by atoms with E-state index in [2.05, 4.69) is 55.5 Å². The predicted octanol–water partition coefficient (Wildman–Crippen LogP) is 7.03. The molecule has 0 heterocycles. The predicted molar refractivity (Wildman–Crippen MR) is 101 cm³/mol. The molecule has 124 valence electrons. The van der Waals surface area contributed by atoms with Crippen molar-refractivity contribution in [3.63, 3.8) is 0 Å². The molecule has 2 aliphatic carbocycles. The molecule has 0 N–H and O–H groups in total. The van der Waals surface area contributed by atoms with Gasteiger partial charge in [0.15, 0.2) is 0 Å². The largest absolute Gasteiger partial charge is 0.0802 e. The summed E-state index contributed by atoms with van der Waals surface area (Å²) >= 11 is 0. The first-order valence-corrected chi connectivity index (χ1v) is 9.80. The van der Waals surface area contributed by atoms with Gasteiger partial charge in [-0.15, -0.1) is 0 Å². The third-order valence-electron chi connectivity index (χ3n) is 5.95. The van der Waals surface area contributed by atoms with Gasteiger partial charge < -0.3 is 0 Å². The second-order valence-corrected chi connectivity index (χ2v) is 7.56. The van der Waals surface area contributed by atoms with Crippen LogP contribution in [0.4, 0.5) is 0 Å². The van der Waals surface area contributed by atoms with Crippen LogP contribution in [0.2, 0.25) is 0 Å². The van der Waals surface area contributed by atoms with Crippen molar-refractivity contribution >= 4 is 5.57 Å². The first kappa shape index (κ1) is 16.6. The highest BCUT2D eigenvalue weighted by atomic mass is 14.3. The molecule has 1 fully saturated rings. The van der Waals surface area contributed by atoms with Gasteiger partial charge in [-0.05, 0) is 48.2 Å². The summed E-state index contributed by atoms with van der Waals surface area (Å²) in [5, 5.41) is 0. The van der Waals surface area contributed by atoms with Crippen LogP contribution in [0.15, 0.2) is 48.6 Å². The molecule has 0 saturated heterocycles. The Morgan fingerprint density at radius 2 is 1.74 bits per heavy atom. The highest BCUT2D eigenvalue weighted by Crippen LogP contribution is 2.39. The van der Waals surface area contributed by atoms with Crippen LogP contribution in [0.1, 0.15) is 70.3 Å². The molecule has 1 atom stereocenters. The molecule has 1 aromatic rings. The van der Waals surface area contributed by atoms with Crippen molar-refractivity contribution in [3.8, 4) is 0 Å². The molecule has 0 heteroatoms. The van der Waals surface area contributed by atoms with Gasteiger partial charge in [0.1, 0.15) is 0 Å². The average molecular weight is 309 g/mol. The maximum absolute atomic E-state index is 2.50. The lowest BCUT2D eigenvalue weighted by molar-refractivity contribution is 0.219. The lowest BCUT2D eigenvalue weighted by Gasteiger charge is -2.33. The number of hydrogen-bond acceptors (Lipinski definition) is 0. The zero-order valence-corrected chi connectivity index (χ0v) is 14.7. The van der Waals surface area contributed by atoms with E-state index in [1.54, 1.807) is 0 Å². The van der Waals surface area contributed by atoms with E-state index in [4.69, 9.17) is 0 Å². The van der Waals surface area contributed by atoms with Crippen molar-refractivity contribution in [2.75, 3.05) is 0 Å². The fourth-order valence-electron chi connectivity index (χ4n) is 4.42. The highest BCUT2D eigenvalue weighted by molar-refractivity contribution is 5.74. The minimum atomic E-state index is 0.791. The maximum Gasteiger partial charge on any atom is -0.0167 e. The lowest BCUT2D eigenvalue weighted by atomic mass is 9.72. The molecule has 2 aliphatic rings. The minimum absolute atomic E-state index is 0.791. The lowest BCUT2D eigenvalue weighted by Crippen LogP contribution is -2.21. The smallest absolute Gasteiger partial charge is 0.0167 e. The molecular weight excluding hydrogens is 276 g/mol. The molecule has 1 unspecified atom stereocenters. The second kappa shape index (κ2) is 8.52. The summed E-state index contributed by atoms with van der Waals surface area (Å²) in [6.45, 7) is 2.31. The van der Waals surface area contributed by atoms with E-state index in [9.17, 15) is 0 Å². The van der Waals surface area contributed by atoms with Gasteiger partial charge in [-0.2, -0.15) is 0 Å². The molecule has 0 nitrogen and oxygen atoms in total. The summed E-state index contributed by atoms with van der Waals surface area (Å²) in [6.07, 6.45) is 20.2. The van der Waals surface area contributed by atoms with Crippen molar-refractivity contribution in [2.45, 2.75) is 64.7 Å². The topological polar surface area (TPSA) is 0 Å². The number of rotatable bonds is 6. The van der Waals surface area contributed by atoms with Crippen LogP contribution in [0.3, 0.4) is 0 Å². The van der Waals surface area contributed by atoms with E-state index >= 15 is 0 Å². The Hall–Kier alpha value is -1.30. The quantitative estimate of drug-likeness (QED) is 0.495. The Labute approximate surface area is 142 Å². The van der Waals surface area contributed by atoms with Gasteiger partial charge in [0, 0.05) is 0 Å². The van der Waals surface area contributed by atoms with Crippen LogP contribution in [0.5, 0.6) is 0 Å². The SMILES string of the molecule is CCCCCC1CCC(C2C=CC(c3ccccc3)=CC2)CC1. The standard InChI is InChI=1S/C23H32/c1-2-3-5-8-19-11-13-21(14-12-19)23-17-15-22(16-18-23)20-9-6-4-7-10-20/h4,6-7,9-10,15-17,19,21,23H,2-3,5,8,11-14,18H2,1H3. The van der Waals surface area contributed by atoms with Crippen molar-refractivity contribution in [3.05, 3.63) is 54.1 Å². The number of allylic oxidation sites excluding steroid dienone is 4. The molecule has 0 aromatic heterocycles. The number of unbranched alkanes of at least 4 members (excludes halogenated alkanes) is 2. The second-order valence-electron chi connectivity index (χ2n) is 7.56. The third-order valence-corrected chi connectivity index (χ3v) is 5.95. The van der Waals surface area contributed by atoms with Gasteiger partial charge in [-0.25, -0.2) is 0 Å². The first-order valence-electron chi connectivity index (χ1n) is 9.80. The normalized spacial score (nSPS) is 27.7. The zero-order chi connectivity index (χ0) is 15.9. The molecule has 0 radical (unpaired) electrons. The Bertz CT molecular complexity index is 514. The molecular formula is C23H32. The van der Waals surface area contributed by atoms with Crippen LogP contribution < -0.4 is 0 Å². The Morgan fingerprint density at radius 1 is 0.957 bits per heavy atom. The number of hydrogen-bond donors (Lipinski definition) is 0. The molecule has 1 aromatic carbocycles. The van der Waals surface area contributed by atoms with Gasteiger partial charge in [0.25, 0.3) is 0 Å². The molecule has 0 spiro atoms. The van der Waals surface area contributed by atoms with Crippen molar-refractivity contribution in [1.82, 2.24) is 0 Å². The van der Waals surface area contributed by atoms with Crippen LogP contribution in [-0.2, 0) is 0 Å². The first-order chi connectivity index (χ1) is 11.4. The maximum atomic E-state index is 2.50. The summed E-state index contributed by atoms with van der Waals surface area (Å²) < 4.78 is 0. The monoisotopic (exact) mass is 308 g/mol. The molecule has 23 heavy (non-hydrogen) atoms. The molecule has 1 saturated carbocycles. The van der Waals surface area contributed by atoms with Gasteiger partial charge in [-0.3, -0.25) is 0 Å². The third kappa shape index (κ3) is 4.59. The van der Waals surface area contributed by atoms with Crippen LogP contribution in [-0.4, -0.2) is 0 Å². The van der Waals surface area contributed by atoms with E-state index in [1.165, 1.54) is 68.9 Å². The van der Waals surface area contributed by atoms with Crippen molar-refractivity contribution in [2.24, 2.45) is 17.8 Å². The molecule has 0 aliphatic heterocycles. The minimum Gasteiger partial charge on any atom is -0.0802 e. The Morgan fingerprint density at radius 3 is 2.39 bits per heavy atom. The van der Waals surface area contributed by atoms with Gasteiger partial charge in [0.2, 0.25) is 0 Å². The van der Waals surface area contributed by atoms with E-state index in [0.717, 1.165) is 17.8 Å². The van der Waals surface area contributed by atoms with Gasteiger partial charge in [-0.1, -0.05) is 94.0 Å². The molecule has 0 bridgehead atoms. The highest BCUT2D eigenvalue weighted by Gasteiger charge is 2.26. The van der Waals surface area contributed by atoms with Crippen LogP contribution >= 0.6 is 0 Å². The zero-order valence-electron chi connectivity index (χ0n) is 14.7. The van der Waals surface area contributed by atoms with Crippen LogP contribution in [0.25, 0.3) is 5.57 Å². The Balaban J connectivity index is 1.46. The summed E-state index contributed by atoms with van der Waals surface area (Å²) in [4.78, 5) is 0. The van der Waals surface area contributed by atoms with Crippen molar-refractivity contribution < 1.29 is 0 Å². The molecule has 0 amide bonds. The summed E-state index contributed by atoms with van der Waals surface area (Å²) in [5.74, 6) is 2.75. The van der Waals surface area contributed by atoms with Crippen LogP contribution in [0, 0.1) is 17.8 Å². The van der Waals surface area contributed by atoms with E-state index in [1.807, 2.05) is 0 Å². The fraction of sp³-hybridized carbons (Fsp3) is 0.565.